The molecule has 0 bridgehead atoms. The van der Waals surface area contributed by atoms with Gasteiger partial charge in [-0.3, -0.25) is 4.68 Å². The molecule has 25 heavy (non-hydrogen) atoms. The molecular weight excluding hydrogens is 314 g/mol. The van der Waals surface area contributed by atoms with Gasteiger partial charge in [0.15, 0.2) is 0 Å². The summed E-state index contributed by atoms with van der Waals surface area (Å²) in [5.41, 5.74) is 11.3. The molecule has 0 saturated heterocycles. The zero-order valence-corrected chi connectivity index (χ0v) is 13.6. The molecule has 0 aliphatic carbocycles. The largest absolute Gasteiger partial charge is 0.383 e. The molecule has 0 amide bonds. The number of nitriles is 1. The molecule has 1 aliphatic heterocycles. The molecule has 3 heterocycles. The maximum absolute atomic E-state index is 9.61. The van der Waals surface area contributed by atoms with Crippen LogP contribution in [0.2, 0.25) is 0 Å². The SMILES string of the molecule is N#Cc1c(N)nc2c(c1-c1cccc(Cn3cccn3)c1)COCC2. The number of benzene rings is 1. The van der Waals surface area contributed by atoms with E-state index in [-0.39, 0.29) is 5.82 Å². The van der Waals surface area contributed by atoms with Crippen molar-refractivity contribution in [2.24, 2.45) is 0 Å². The quantitative estimate of drug-likeness (QED) is 0.796. The molecule has 0 radical (unpaired) electrons. The third-order valence-corrected chi connectivity index (χ3v) is 4.37. The number of nitrogens with two attached hydrogens (primary N) is 1. The predicted molar refractivity (Wildman–Crippen MR) is 93.5 cm³/mol. The lowest BCUT2D eigenvalue weighted by Gasteiger charge is -2.21. The molecular formula is C19H17N5O. The Morgan fingerprint density at radius 1 is 1.32 bits per heavy atom. The number of hydrogen-bond acceptors (Lipinski definition) is 5. The summed E-state index contributed by atoms with van der Waals surface area (Å²) < 4.78 is 7.47. The zero-order valence-electron chi connectivity index (χ0n) is 13.6. The second kappa shape index (κ2) is 6.38. The molecule has 0 spiro atoms. The van der Waals surface area contributed by atoms with Gasteiger partial charge in [-0.05, 0) is 23.3 Å². The van der Waals surface area contributed by atoms with Crippen molar-refractivity contribution in [1.82, 2.24) is 14.8 Å². The normalized spacial score (nSPS) is 13.2. The van der Waals surface area contributed by atoms with Crippen molar-refractivity contribution in [3.63, 3.8) is 0 Å². The van der Waals surface area contributed by atoms with Crippen molar-refractivity contribution in [2.45, 2.75) is 19.6 Å². The van der Waals surface area contributed by atoms with Crippen molar-refractivity contribution in [3.05, 3.63) is 65.1 Å². The fourth-order valence-electron chi connectivity index (χ4n) is 3.24. The first-order valence-corrected chi connectivity index (χ1v) is 8.12. The number of nitrogen functional groups attached to an aromatic ring is 1. The highest BCUT2D eigenvalue weighted by Gasteiger charge is 2.22. The molecule has 2 N–H and O–H groups in total. The summed E-state index contributed by atoms with van der Waals surface area (Å²) in [5, 5.41) is 13.9. The summed E-state index contributed by atoms with van der Waals surface area (Å²) in [5.74, 6) is 0.288. The van der Waals surface area contributed by atoms with Crippen molar-refractivity contribution >= 4 is 5.82 Å². The van der Waals surface area contributed by atoms with Crippen LogP contribution in [0.15, 0.2) is 42.7 Å². The monoisotopic (exact) mass is 331 g/mol. The Balaban J connectivity index is 1.84. The van der Waals surface area contributed by atoms with Crippen molar-refractivity contribution < 1.29 is 4.74 Å². The molecule has 6 heteroatoms. The summed E-state index contributed by atoms with van der Waals surface area (Å²) in [6.07, 6.45) is 4.40. The van der Waals surface area contributed by atoms with Gasteiger partial charge < -0.3 is 10.5 Å². The lowest BCUT2D eigenvalue weighted by atomic mass is 9.92. The zero-order chi connectivity index (χ0) is 17.2. The Bertz CT molecular complexity index is 957. The number of ether oxygens (including phenoxy) is 1. The lowest BCUT2D eigenvalue weighted by molar-refractivity contribution is 0.109. The highest BCUT2D eigenvalue weighted by Crippen LogP contribution is 2.34. The number of fused-ring (bicyclic) bond motifs is 1. The minimum atomic E-state index is 0.288. The Kier molecular flexibility index (Phi) is 3.92. The van der Waals surface area contributed by atoms with E-state index in [1.165, 1.54) is 0 Å². The Morgan fingerprint density at radius 3 is 3.04 bits per heavy atom. The summed E-state index contributed by atoms with van der Waals surface area (Å²) in [7, 11) is 0. The third-order valence-electron chi connectivity index (χ3n) is 4.37. The fourth-order valence-corrected chi connectivity index (χ4v) is 3.24. The van der Waals surface area contributed by atoms with E-state index in [0.717, 1.165) is 27.9 Å². The molecule has 3 aromatic rings. The van der Waals surface area contributed by atoms with Gasteiger partial charge >= 0.3 is 0 Å². The first-order valence-electron chi connectivity index (χ1n) is 8.12. The number of anilines is 1. The fraction of sp³-hybridized carbons (Fsp3) is 0.211. The van der Waals surface area contributed by atoms with E-state index in [1.807, 2.05) is 35.1 Å². The number of nitrogens with zero attached hydrogens (tertiary/aromatic N) is 4. The molecule has 1 aliphatic rings. The third kappa shape index (κ3) is 2.86. The van der Waals surface area contributed by atoms with Crippen LogP contribution in [0.5, 0.6) is 0 Å². The van der Waals surface area contributed by atoms with E-state index in [0.29, 0.717) is 31.7 Å². The molecule has 2 aromatic heterocycles. The number of rotatable bonds is 3. The highest BCUT2D eigenvalue weighted by atomic mass is 16.5. The average Bonchev–Trinajstić information content (AvgIpc) is 3.13. The molecule has 0 atom stereocenters. The van der Waals surface area contributed by atoms with E-state index in [1.54, 1.807) is 6.20 Å². The standard InChI is InChI=1S/C19H17N5O/c20-10-15-18(16-12-25-8-5-17(16)23-19(15)21)14-4-1-3-13(9-14)11-24-7-2-6-22-24/h1-4,6-7,9H,5,8,11-12H2,(H2,21,23). The van der Waals surface area contributed by atoms with Gasteiger partial charge in [-0.2, -0.15) is 10.4 Å². The van der Waals surface area contributed by atoms with Gasteiger partial charge in [0.25, 0.3) is 0 Å². The first-order chi connectivity index (χ1) is 12.3. The number of pyridine rings is 1. The highest BCUT2D eigenvalue weighted by molar-refractivity contribution is 5.79. The first kappa shape index (κ1) is 15.4. The van der Waals surface area contributed by atoms with E-state index < -0.39 is 0 Å². The molecule has 6 nitrogen and oxygen atoms in total. The lowest BCUT2D eigenvalue weighted by Crippen LogP contribution is -2.16. The van der Waals surface area contributed by atoms with Crippen LogP contribution in [0.25, 0.3) is 11.1 Å². The minimum absolute atomic E-state index is 0.288. The minimum Gasteiger partial charge on any atom is -0.383 e. The Hall–Kier alpha value is -3.17. The van der Waals surface area contributed by atoms with Crippen LogP contribution in [-0.4, -0.2) is 21.4 Å². The molecule has 4 rings (SSSR count). The van der Waals surface area contributed by atoms with Crippen molar-refractivity contribution in [3.8, 4) is 17.2 Å². The summed E-state index contributed by atoms with van der Waals surface area (Å²) in [6, 6.07) is 12.2. The Morgan fingerprint density at radius 2 is 2.24 bits per heavy atom. The van der Waals surface area contributed by atoms with E-state index in [9.17, 15) is 5.26 Å². The van der Waals surface area contributed by atoms with Crippen molar-refractivity contribution in [2.75, 3.05) is 12.3 Å². The summed E-state index contributed by atoms with van der Waals surface area (Å²) in [4.78, 5) is 4.42. The molecule has 1 aromatic carbocycles. The van der Waals surface area contributed by atoms with Gasteiger partial charge in [0.2, 0.25) is 0 Å². The second-order valence-corrected chi connectivity index (χ2v) is 5.99. The maximum Gasteiger partial charge on any atom is 0.142 e. The van der Waals surface area contributed by atoms with Crippen LogP contribution in [0, 0.1) is 11.3 Å². The maximum atomic E-state index is 9.61. The van der Waals surface area contributed by atoms with Gasteiger partial charge in [0.05, 0.1) is 25.5 Å². The molecule has 0 unspecified atom stereocenters. The van der Waals surface area contributed by atoms with Gasteiger partial charge in [-0.15, -0.1) is 0 Å². The van der Waals surface area contributed by atoms with E-state index in [4.69, 9.17) is 10.5 Å². The summed E-state index contributed by atoms with van der Waals surface area (Å²) in [6.45, 7) is 1.75. The number of hydrogen-bond donors (Lipinski definition) is 1. The van der Waals surface area contributed by atoms with Gasteiger partial charge in [0, 0.05) is 29.9 Å². The van der Waals surface area contributed by atoms with Crippen LogP contribution >= 0.6 is 0 Å². The van der Waals surface area contributed by atoms with E-state index >= 15 is 0 Å². The number of aromatic nitrogens is 3. The smallest absolute Gasteiger partial charge is 0.142 e. The van der Waals surface area contributed by atoms with Crippen LogP contribution in [0.4, 0.5) is 5.82 Å². The van der Waals surface area contributed by atoms with Gasteiger partial charge in [-0.25, -0.2) is 4.98 Å². The van der Waals surface area contributed by atoms with Crippen molar-refractivity contribution in [1.29, 1.82) is 5.26 Å². The van der Waals surface area contributed by atoms with Crippen LogP contribution < -0.4 is 5.73 Å². The van der Waals surface area contributed by atoms with Gasteiger partial charge in [-0.1, -0.05) is 18.2 Å². The van der Waals surface area contributed by atoms with Gasteiger partial charge in [0.1, 0.15) is 17.5 Å². The molecule has 0 saturated carbocycles. The average molecular weight is 331 g/mol. The van der Waals surface area contributed by atoms with Crippen LogP contribution in [0.1, 0.15) is 22.4 Å². The van der Waals surface area contributed by atoms with Crippen LogP contribution in [0.3, 0.4) is 0 Å². The topological polar surface area (TPSA) is 89.8 Å². The molecule has 0 fully saturated rings. The predicted octanol–water partition coefficient (Wildman–Crippen LogP) is 2.52. The molecule has 124 valence electrons. The van der Waals surface area contributed by atoms with Crippen LogP contribution in [-0.2, 0) is 24.3 Å². The Labute approximate surface area is 145 Å². The second-order valence-electron chi connectivity index (χ2n) is 5.99. The van der Waals surface area contributed by atoms with E-state index in [2.05, 4.69) is 22.2 Å². The summed E-state index contributed by atoms with van der Waals surface area (Å²) >= 11 is 0.